The van der Waals surface area contributed by atoms with Crippen molar-refractivity contribution in [3.8, 4) is 5.75 Å². The molecule has 0 unspecified atom stereocenters. The van der Waals surface area contributed by atoms with Crippen molar-refractivity contribution >= 4 is 11.6 Å². The van der Waals surface area contributed by atoms with Gasteiger partial charge in [0.1, 0.15) is 22.8 Å². The van der Waals surface area contributed by atoms with E-state index in [1.54, 1.807) is 0 Å². The van der Waals surface area contributed by atoms with Gasteiger partial charge in [0.2, 0.25) is 0 Å². The van der Waals surface area contributed by atoms with Crippen LogP contribution in [0.2, 0.25) is 0 Å². The summed E-state index contributed by atoms with van der Waals surface area (Å²) in [7, 11) is 1.05. The Labute approximate surface area is 138 Å². The van der Waals surface area contributed by atoms with Gasteiger partial charge in [-0.15, -0.1) is 0 Å². The van der Waals surface area contributed by atoms with Gasteiger partial charge in [0, 0.05) is 19.2 Å². The van der Waals surface area contributed by atoms with E-state index >= 15 is 0 Å². The van der Waals surface area contributed by atoms with Gasteiger partial charge in [-0.3, -0.25) is 9.48 Å². The summed E-state index contributed by atoms with van der Waals surface area (Å²) in [5, 5.41) is 16.8. The standard InChI is InChI=1S/C14H13F3N4O4/c1-6-4-9(22)11(13(24)25-6)7(2)18-19-12(23)8-5-10(14(15,16)17)21(3)20-8/h4-5,22H,1-3H3,(H,19,23). The fourth-order valence-corrected chi connectivity index (χ4v) is 2.02. The van der Waals surface area contributed by atoms with E-state index in [2.05, 4.69) is 10.2 Å². The van der Waals surface area contributed by atoms with Crippen LogP contribution in [-0.4, -0.2) is 26.5 Å². The normalized spacial score (nSPS) is 12.3. The van der Waals surface area contributed by atoms with Crippen LogP contribution >= 0.6 is 0 Å². The third-order valence-corrected chi connectivity index (χ3v) is 3.14. The summed E-state index contributed by atoms with van der Waals surface area (Å²) < 4.78 is 43.4. The van der Waals surface area contributed by atoms with Crippen molar-refractivity contribution in [3.05, 3.63) is 45.3 Å². The van der Waals surface area contributed by atoms with Crippen LogP contribution in [0.25, 0.3) is 0 Å². The molecule has 0 fully saturated rings. The van der Waals surface area contributed by atoms with Gasteiger partial charge >= 0.3 is 11.8 Å². The molecule has 2 heterocycles. The number of hydrogen-bond donors (Lipinski definition) is 2. The second-order valence-corrected chi connectivity index (χ2v) is 5.08. The molecule has 0 aliphatic rings. The molecule has 0 spiro atoms. The van der Waals surface area contributed by atoms with Crippen molar-refractivity contribution in [1.82, 2.24) is 15.2 Å². The van der Waals surface area contributed by atoms with Crippen LogP contribution < -0.4 is 11.1 Å². The molecule has 2 N–H and O–H groups in total. The molecule has 2 aromatic rings. The Morgan fingerprint density at radius 3 is 2.56 bits per heavy atom. The molecule has 2 aromatic heterocycles. The number of rotatable bonds is 3. The van der Waals surface area contributed by atoms with Crippen LogP contribution in [0.5, 0.6) is 5.75 Å². The average molecular weight is 358 g/mol. The van der Waals surface area contributed by atoms with Gasteiger partial charge < -0.3 is 9.52 Å². The number of hydrazone groups is 1. The molecule has 1 amide bonds. The van der Waals surface area contributed by atoms with E-state index in [9.17, 15) is 27.9 Å². The zero-order chi connectivity index (χ0) is 18.9. The summed E-state index contributed by atoms with van der Waals surface area (Å²) >= 11 is 0. The maximum absolute atomic E-state index is 12.7. The van der Waals surface area contributed by atoms with E-state index in [0.717, 1.165) is 7.05 Å². The molecule has 0 saturated heterocycles. The van der Waals surface area contributed by atoms with Crippen LogP contribution in [0, 0.1) is 6.92 Å². The summed E-state index contributed by atoms with van der Waals surface area (Å²) in [6.45, 7) is 2.76. The minimum Gasteiger partial charge on any atom is -0.507 e. The minimum absolute atomic E-state index is 0.0911. The molecule has 8 nitrogen and oxygen atoms in total. The van der Waals surface area contributed by atoms with Crippen LogP contribution in [0.4, 0.5) is 13.2 Å². The number of alkyl halides is 3. The number of amides is 1. The highest BCUT2D eigenvalue weighted by molar-refractivity contribution is 6.01. The van der Waals surface area contributed by atoms with E-state index in [1.807, 2.05) is 5.43 Å². The SMILES string of the molecule is CC(=NNC(=O)c1cc(C(F)(F)F)n(C)n1)c1c(O)cc(C)oc1=O. The van der Waals surface area contributed by atoms with Gasteiger partial charge in [0.15, 0.2) is 5.69 Å². The summed E-state index contributed by atoms with van der Waals surface area (Å²) in [6.07, 6.45) is -4.66. The average Bonchev–Trinajstić information content (AvgIpc) is 2.85. The van der Waals surface area contributed by atoms with E-state index < -0.39 is 34.8 Å². The number of aryl methyl sites for hydroxylation is 2. The highest BCUT2D eigenvalue weighted by atomic mass is 19.4. The number of aromatic nitrogens is 2. The smallest absolute Gasteiger partial charge is 0.433 e. The van der Waals surface area contributed by atoms with E-state index in [4.69, 9.17) is 4.42 Å². The quantitative estimate of drug-likeness (QED) is 0.639. The molecule has 0 aromatic carbocycles. The van der Waals surface area contributed by atoms with E-state index in [-0.39, 0.29) is 17.0 Å². The van der Waals surface area contributed by atoms with Crippen LogP contribution in [-0.2, 0) is 13.2 Å². The maximum atomic E-state index is 12.7. The van der Waals surface area contributed by atoms with Crippen molar-refractivity contribution in [3.63, 3.8) is 0 Å². The molecule has 0 bridgehead atoms. The van der Waals surface area contributed by atoms with Gasteiger partial charge in [-0.05, 0) is 13.8 Å². The van der Waals surface area contributed by atoms with Crippen molar-refractivity contribution < 1.29 is 27.5 Å². The summed E-state index contributed by atoms with van der Waals surface area (Å²) in [6, 6.07) is 1.75. The number of nitrogens with zero attached hydrogens (tertiary/aromatic N) is 3. The molecule has 0 radical (unpaired) electrons. The third kappa shape index (κ3) is 3.87. The summed E-state index contributed by atoms with van der Waals surface area (Å²) in [4.78, 5) is 23.6. The van der Waals surface area contributed by atoms with Gasteiger partial charge in [-0.2, -0.15) is 23.4 Å². The minimum atomic E-state index is -4.66. The largest absolute Gasteiger partial charge is 0.507 e. The monoisotopic (exact) mass is 358 g/mol. The highest BCUT2D eigenvalue weighted by Gasteiger charge is 2.35. The fourth-order valence-electron chi connectivity index (χ4n) is 2.02. The van der Waals surface area contributed by atoms with Gasteiger partial charge in [0.05, 0.1) is 5.71 Å². The predicted molar refractivity (Wildman–Crippen MR) is 79.3 cm³/mol. The Hall–Kier alpha value is -3.11. The Morgan fingerprint density at radius 1 is 1.40 bits per heavy atom. The molecule has 0 aliphatic carbocycles. The zero-order valence-corrected chi connectivity index (χ0v) is 13.3. The Bertz CT molecular complexity index is 912. The third-order valence-electron chi connectivity index (χ3n) is 3.14. The number of aromatic hydroxyl groups is 1. The summed E-state index contributed by atoms with van der Waals surface area (Å²) in [5.41, 5.74) is -0.874. The second kappa shape index (κ2) is 6.42. The van der Waals surface area contributed by atoms with Gasteiger partial charge in [0.25, 0.3) is 5.91 Å². The molecule has 0 atom stereocenters. The number of hydrogen-bond acceptors (Lipinski definition) is 6. The number of carbonyl (C=O) groups is 1. The molecule has 0 aliphatic heterocycles. The van der Waals surface area contributed by atoms with Crippen LogP contribution in [0.3, 0.4) is 0 Å². The fraction of sp³-hybridized carbons (Fsp3) is 0.286. The van der Waals surface area contributed by atoms with E-state index in [0.29, 0.717) is 10.7 Å². The summed E-state index contributed by atoms with van der Waals surface area (Å²) in [5.74, 6) is -1.24. The first-order chi connectivity index (χ1) is 11.5. The molecular formula is C14H13F3N4O4. The second-order valence-electron chi connectivity index (χ2n) is 5.08. The molecule has 2 rings (SSSR count). The number of carbonyl (C=O) groups excluding carboxylic acids is 1. The lowest BCUT2D eigenvalue weighted by atomic mass is 10.2. The first kappa shape index (κ1) is 18.2. The lowest BCUT2D eigenvalue weighted by Gasteiger charge is -2.04. The maximum Gasteiger partial charge on any atom is 0.433 e. The van der Waals surface area contributed by atoms with Gasteiger partial charge in [-0.1, -0.05) is 0 Å². The van der Waals surface area contributed by atoms with Crippen LogP contribution in [0.15, 0.2) is 26.4 Å². The lowest BCUT2D eigenvalue weighted by molar-refractivity contribution is -0.143. The molecule has 134 valence electrons. The molecule has 11 heteroatoms. The Morgan fingerprint density at radius 2 is 2.04 bits per heavy atom. The first-order valence-electron chi connectivity index (χ1n) is 6.80. The topological polar surface area (TPSA) is 110 Å². The molecule has 0 saturated carbocycles. The lowest BCUT2D eigenvalue weighted by Crippen LogP contribution is -2.22. The first-order valence-corrected chi connectivity index (χ1v) is 6.80. The van der Waals surface area contributed by atoms with E-state index in [1.165, 1.54) is 19.9 Å². The van der Waals surface area contributed by atoms with Gasteiger partial charge in [-0.25, -0.2) is 10.2 Å². The van der Waals surface area contributed by atoms with Crippen molar-refractivity contribution in [1.29, 1.82) is 0 Å². The van der Waals surface area contributed by atoms with Crippen molar-refractivity contribution in [2.45, 2.75) is 20.0 Å². The zero-order valence-electron chi connectivity index (χ0n) is 13.3. The number of halogens is 3. The molecular weight excluding hydrogens is 345 g/mol. The Kier molecular flexibility index (Phi) is 4.68. The Balaban J connectivity index is 2.25. The number of nitrogens with one attached hydrogen (secondary N) is 1. The van der Waals surface area contributed by atoms with Crippen molar-refractivity contribution in [2.75, 3.05) is 0 Å². The predicted octanol–water partition coefficient (Wildman–Crippen LogP) is 1.56. The van der Waals surface area contributed by atoms with Crippen LogP contribution in [0.1, 0.15) is 34.4 Å². The highest BCUT2D eigenvalue weighted by Crippen LogP contribution is 2.29. The van der Waals surface area contributed by atoms with Crippen molar-refractivity contribution in [2.24, 2.45) is 12.1 Å². The molecule has 25 heavy (non-hydrogen) atoms.